The van der Waals surface area contributed by atoms with Gasteiger partial charge in [0.05, 0.1) is 17.6 Å². The summed E-state index contributed by atoms with van der Waals surface area (Å²) in [5.41, 5.74) is -1.19. The van der Waals surface area contributed by atoms with E-state index in [4.69, 9.17) is 4.74 Å². The normalized spacial score (nSPS) is 15.8. The highest BCUT2D eigenvalue weighted by molar-refractivity contribution is 5.85. The van der Waals surface area contributed by atoms with Crippen molar-refractivity contribution in [1.82, 2.24) is 0 Å². The van der Waals surface area contributed by atoms with Gasteiger partial charge in [0.2, 0.25) is 0 Å². The first-order valence-electron chi connectivity index (χ1n) is 7.77. The highest BCUT2D eigenvalue weighted by Crippen LogP contribution is 2.22. The molecular weight excluding hydrogens is 296 g/mol. The van der Waals surface area contributed by atoms with Gasteiger partial charge in [-0.2, -0.15) is 0 Å². The molecule has 0 bridgehead atoms. The number of allylic oxidation sites excluding steroid dienone is 2. The molecule has 0 aromatic carbocycles. The Morgan fingerprint density at radius 1 is 1.13 bits per heavy atom. The maximum absolute atomic E-state index is 12.1. The lowest BCUT2D eigenvalue weighted by Gasteiger charge is -2.23. The fourth-order valence-electron chi connectivity index (χ4n) is 1.53. The summed E-state index contributed by atoms with van der Waals surface area (Å²) in [4.78, 5) is 23.0. The third kappa shape index (κ3) is 8.67. The summed E-state index contributed by atoms with van der Waals surface area (Å²) in [6.45, 7) is 10.2. The number of aliphatic hydroxyl groups excluding tert-OH is 2. The third-order valence-electron chi connectivity index (χ3n) is 3.83. The van der Waals surface area contributed by atoms with Crippen molar-refractivity contribution < 1.29 is 24.5 Å². The average Bonchev–Trinajstić information content (AvgIpc) is 2.41. The van der Waals surface area contributed by atoms with E-state index in [9.17, 15) is 19.8 Å². The highest BCUT2D eigenvalue weighted by atomic mass is 16.5. The van der Waals surface area contributed by atoms with Gasteiger partial charge in [-0.05, 0) is 20.8 Å². The molecule has 0 aliphatic carbocycles. The van der Waals surface area contributed by atoms with Crippen molar-refractivity contribution in [2.24, 2.45) is 10.8 Å². The van der Waals surface area contributed by atoms with E-state index >= 15 is 0 Å². The molecule has 0 amide bonds. The first-order chi connectivity index (χ1) is 10.4. The SMILES string of the molecule is CC(=O)OCC(C)(C)C(=O)CC(O)C=CC=CC(C)(C)C(C)O. The monoisotopic (exact) mass is 326 g/mol. The molecule has 5 heteroatoms. The van der Waals surface area contributed by atoms with Gasteiger partial charge in [-0.25, -0.2) is 0 Å². The molecule has 0 saturated carbocycles. The zero-order chi connectivity index (χ0) is 18.3. The van der Waals surface area contributed by atoms with Gasteiger partial charge in [-0.1, -0.05) is 38.2 Å². The van der Waals surface area contributed by atoms with Crippen LogP contribution in [0.4, 0.5) is 0 Å². The molecule has 0 fully saturated rings. The molecule has 0 aliphatic rings. The molecule has 0 aromatic rings. The molecule has 2 unspecified atom stereocenters. The van der Waals surface area contributed by atoms with Gasteiger partial charge in [-0.3, -0.25) is 9.59 Å². The summed E-state index contributed by atoms with van der Waals surface area (Å²) >= 11 is 0. The van der Waals surface area contributed by atoms with E-state index < -0.39 is 23.6 Å². The van der Waals surface area contributed by atoms with Crippen molar-refractivity contribution in [2.75, 3.05) is 6.61 Å². The van der Waals surface area contributed by atoms with Crippen LogP contribution >= 0.6 is 0 Å². The Hall–Kier alpha value is -1.46. The van der Waals surface area contributed by atoms with Crippen molar-refractivity contribution in [3.63, 3.8) is 0 Å². The van der Waals surface area contributed by atoms with Gasteiger partial charge in [0.15, 0.2) is 0 Å². The third-order valence-corrected chi connectivity index (χ3v) is 3.83. The van der Waals surface area contributed by atoms with Gasteiger partial charge in [0.1, 0.15) is 12.4 Å². The molecule has 0 rings (SSSR count). The van der Waals surface area contributed by atoms with Gasteiger partial charge in [0.25, 0.3) is 0 Å². The standard InChI is InChI=1S/C18H30O5/c1-13(19)17(3,4)10-8-7-9-15(21)11-16(22)18(5,6)12-23-14(2)20/h7-10,13,15,19,21H,11-12H2,1-6H3. The van der Waals surface area contributed by atoms with Crippen LogP contribution in [-0.2, 0) is 14.3 Å². The largest absolute Gasteiger partial charge is 0.465 e. The second-order valence-electron chi connectivity index (χ2n) is 7.10. The summed E-state index contributed by atoms with van der Waals surface area (Å²) in [5, 5.41) is 19.5. The van der Waals surface area contributed by atoms with Gasteiger partial charge in [-0.15, -0.1) is 0 Å². The molecule has 0 heterocycles. The summed E-state index contributed by atoms with van der Waals surface area (Å²) in [6.07, 6.45) is 5.32. The molecule has 0 radical (unpaired) electrons. The van der Waals surface area contributed by atoms with Crippen molar-refractivity contribution in [2.45, 2.75) is 60.2 Å². The van der Waals surface area contributed by atoms with Crippen molar-refractivity contribution in [3.05, 3.63) is 24.3 Å². The van der Waals surface area contributed by atoms with Crippen LogP contribution in [0.3, 0.4) is 0 Å². The molecular formula is C18H30O5. The number of Topliss-reactive ketones (excluding diaryl/α,β-unsaturated/α-hetero) is 1. The van der Waals surface area contributed by atoms with Crippen LogP contribution in [0.25, 0.3) is 0 Å². The Balaban J connectivity index is 4.51. The Kier molecular flexibility index (Phi) is 8.42. The quantitative estimate of drug-likeness (QED) is 0.502. The average molecular weight is 326 g/mol. The Morgan fingerprint density at radius 2 is 1.70 bits per heavy atom. The summed E-state index contributed by atoms with van der Waals surface area (Å²) < 4.78 is 4.87. The van der Waals surface area contributed by atoms with Crippen LogP contribution in [0, 0.1) is 10.8 Å². The first kappa shape index (κ1) is 21.5. The number of carbonyl (C=O) groups excluding carboxylic acids is 2. The molecule has 0 aromatic heterocycles. The maximum atomic E-state index is 12.1. The van der Waals surface area contributed by atoms with E-state index in [1.165, 1.54) is 13.0 Å². The van der Waals surface area contributed by atoms with Crippen molar-refractivity contribution in [1.29, 1.82) is 0 Å². The van der Waals surface area contributed by atoms with E-state index in [1.54, 1.807) is 32.9 Å². The Morgan fingerprint density at radius 3 is 2.17 bits per heavy atom. The number of ketones is 1. The molecule has 0 aliphatic heterocycles. The van der Waals surface area contributed by atoms with Gasteiger partial charge in [0, 0.05) is 18.8 Å². The van der Waals surface area contributed by atoms with Crippen LogP contribution in [-0.4, -0.2) is 40.8 Å². The second-order valence-corrected chi connectivity index (χ2v) is 7.10. The fraction of sp³-hybridized carbons (Fsp3) is 0.667. The lowest BCUT2D eigenvalue weighted by molar-refractivity contribution is -0.147. The highest BCUT2D eigenvalue weighted by Gasteiger charge is 2.29. The molecule has 0 saturated heterocycles. The Bertz CT molecular complexity index is 458. The smallest absolute Gasteiger partial charge is 0.302 e. The maximum Gasteiger partial charge on any atom is 0.302 e. The molecule has 2 atom stereocenters. The van der Waals surface area contributed by atoms with E-state index in [0.29, 0.717) is 0 Å². The van der Waals surface area contributed by atoms with Gasteiger partial charge >= 0.3 is 5.97 Å². The van der Waals surface area contributed by atoms with E-state index in [0.717, 1.165) is 0 Å². The number of ether oxygens (including phenoxy) is 1. The predicted molar refractivity (Wildman–Crippen MR) is 89.8 cm³/mol. The van der Waals surface area contributed by atoms with Crippen molar-refractivity contribution in [3.8, 4) is 0 Å². The number of hydrogen-bond acceptors (Lipinski definition) is 5. The summed E-state index contributed by atoms with van der Waals surface area (Å²) in [7, 11) is 0. The lowest BCUT2D eigenvalue weighted by atomic mass is 9.86. The van der Waals surface area contributed by atoms with Crippen LogP contribution in [0.2, 0.25) is 0 Å². The molecule has 2 N–H and O–H groups in total. The van der Waals surface area contributed by atoms with Crippen LogP contribution in [0.1, 0.15) is 48.0 Å². The minimum absolute atomic E-state index is 0.0000809. The van der Waals surface area contributed by atoms with Crippen LogP contribution in [0.15, 0.2) is 24.3 Å². The fourth-order valence-corrected chi connectivity index (χ4v) is 1.53. The van der Waals surface area contributed by atoms with Crippen LogP contribution < -0.4 is 0 Å². The topological polar surface area (TPSA) is 83.8 Å². The molecule has 23 heavy (non-hydrogen) atoms. The number of aliphatic hydroxyl groups is 2. The number of esters is 1. The second kappa shape index (κ2) is 8.99. The number of carbonyl (C=O) groups is 2. The zero-order valence-corrected chi connectivity index (χ0v) is 15.0. The molecule has 5 nitrogen and oxygen atoms in total. The first-order valence-corrected chi connectivity index (χ1v) is 7.77. The lowest BCUT2D eigenvalue weighted by Crippen LogP contribution is -2.32. The molecule has 0 spiro atoms. The predicted octanol–water partition coefficient (Wildman–Crippen LogP) is 2.42. The zero-order valence-electron chi connectivity index (χ0n) is 15.0. The van der Waals surface area contributed by atoms with E-state index in [2.05, 4.69) is 0 Å². The molecule has 132 valence electrons. The number of rotatable bonds is 9. The van der Waals surface area contributed by atoms with Crippen molar-refractivity contribution >= 4 is 11.8 Å². The summed E-state index contributed by atoms with van der Waals surface area (Å²) in [5.74, 6) is -0.610. The Labute approximate surface area is 139 Å². The van der Waals surface area contributed by atoms with E-state index in [-0.39, 0.29) is 24.2 Å². The summed E-state index contributed by atoms with van der Waals surface area (Å²) in [6, 6.07) is 0. The van der Waals surface area contributed by atoms with E-state index in [1.807, 2.05) is 19.9 Å². The minimum Gasteiger partial charge on any atom is -0.465 e. The number of hydrogen-bond donors (Lipinski definition) is 2. The minimum atomic E-state index is -0.904. The van der Waals surface area contributed by atoms with Gasteiger partial charge < -0.3 is 14.9 Å². The van der Waals surface area contributed by atoms with Crippen LogP contribution in [0.5, 0.6) is 0 Å².